The zero-order valence-electron chi connectivity index (χ0n) is 16.8. The number of piperidine rings is 1. The molecular formula is C22H33NO3. The summed E-state index contributed by atoms with van der Waals surface area (Å²) < 4.78 is 5.93. The van der Waals surface area contributed by atoms with E-state index in [9.17, 15) is 9.90 Å². The summed E-state index contributed by atoms with van der Waals surface area (Å²) in [7, 11) is 2.18. The Bertz CT molecular complexity index is 652. The van der Waals surface area contributed by atoms with Crippen molar-refractivity contribution in [2.45, 2.75) is 82.4 Å². The van der Waals surface area contributed by atoms with Gasteiger partial charge in [0.1, 0.15) is 11.5 Å². The third-order valence-corrected chi connectivity index (χ3v) is 6.46. The SMILES string of the molecule is CN1C2CCC1CC(OC(=O)C(C)(CO)c1cccc(C(C)(C)C)c1)C2. The Morgan fingerprint density at radius 1 is 1.15 bits per heavy atom. The first-order valence-corrected chi connectivity index (χ1v) is 9.80. The number of hydrogen-bond acceptors (Lipinski definition) is 4. The van der Waals surface area contributed by atoms with Crippen LogP contribution < -0.4 is 0 Å². The van der Waals surface area contributed by atoms with Crippen LogP contribution in [0.1, 0.15) is 64.5 Å². The van der Waals surface area contributed by atoms with E-state index < -0.39 is 5.41 Å². The van der Waals surface area contributed by atoms with Gasteiger partial charge in [0, 0.05) is 12.1 Å². The van der Waals surface area contributed by atoms with Gasteiger partial charge in [-0.15, -0.1) is 0 Å². The lowest BCUT2D eigenvalue weighted by Crippen LogP contribution is -2.46. The summed E-state index contributed by atoms with van der Waals surface area (Å²) in [5.41, 5.74) is 0.945. The van der Waals surface area contributed by atoms with Crippen molar-refractivity contribution in [1.82, 2.24) is 4.90 Å². The van der Waals surface area contributed by atoms with Gasteiger partial charge in [0.2, 0.25) is 0 Å². The van der Waals surface area contributed by atoms with E-state index in [2.05, 4.69) is 38.8 Å². The second-order valence-corrected chi connectivity index (χ2v) is 9.37. The van der Waals surface area contributed by atoms with Crippen LogP contribution >= 0.6 is 0 Å². The van der Waals surface area contributed by atoms with Crippen molar-refractivity contribution in [3.63, 3.8) is 0 Å². The first-order chi connectivity index (χ1) is 12.1. The summed E-state index contributed by atoms with van der Waals surface area (Å²) in [6.45, 7) is 7.98. The number of esters is 1. The molecule has 0 saturated carbocycles. The van der Waals surface area contributed by atoms with Crippen molar-refractivity contribution in [3.05, 3.63) is 35.4 Å². The Kier molecular flexibility index (Phi) is 5.19. The van der Waals surface area contributed by atoms with Crippen molar-refractivity contribution >= 4 is 5.97 Å². The van der Waals surface area contributed by atoms with Gasteiger partial charge in [0.05, 0.1) is 6.61 Å². The van der Waals surface area contributed by atoms with E-state index in [1.165, 1.54) is 12.8 Å². The molecule has 2 aliphatic heterocycles. The predicted molar refractivity (Wildman–Crippen MR) is 103 cm³/mol. The lowest BCUT2D eigenvalue weighted by molar-refractivity contribution is -0.160. The van der Waals surface area contributed by atoms with Crippen LogP contribution in [0.15, 0.2) is 24.3 Å². The van der Waals surface area contributed by atoms with Gasteiger partial charge in [-0.05, 0) is 56.2 Å². The summed E-state index contributed by atoms with van der Waals surface area (Å²) in [5.74, 6) is -0.306. The Labute approximate surface area is 157 Å². The van der Waals surface area contributed by atoms with Gasteiger partial charge in [0.25, 0.3) is 0 Å². The molecule has 0 radical (unpaired) electrons. The van der Waals surface area contributed by atoms with Crippen LogP contribution in [0, 0.1) is 0 Å². The zero-order chi connectivity index (χ0) is 19.1. The molecule has 2 fully saturated rings. The van der Waals surface area contributed by atoms with E-state index in [4.69, 9.17) is 4.74 Å². The molecule has 0 aromatic heterocycles. The molecule has 1 N–H and O–H groups in total. The lowest BCUT2D eigenvalue weighted by atomic mass is 9.79. The number of fused-ring (bicyclic) bond motifs is 2. The maximum absolute atomic E-state index is 13.0. The van der Waals surface area contributed by atoms with E-state index in [-0.39, 0.29) is 24.1 Å². The molecule has 144 valence electrons. The first kappa shape index (κ1) is 19.4. The second-order valence-electron chi connectivity index (χ2n) is 9.37. The van der Waals surface area contributed by atoms with Crippen molar-refractivity contribution in [2.24, 2.45) is 0 Å². The number of rotatable bonds is 4. The Morgan fingerprint density at radius 3 is 2.27 bits per heavy atom. The molecule has 0 spiro atoms. The molecule has 26 heavy (non-hydrogen) atoms. The molecule has 4 heteroatoms. The van der Waals surface area contributed by atoms with E-state index in [1.54, 1.807) is 6.92 Å². The molecular weight excluding hydrogens is 326 g/mol. The van der Waals surface area contributed by atoms with E-state index >= 15 is 0 Å². The van der Waals surface area contributed by atoms with E-state index in [0.29, 0.717) is 12.1 Å². The van der Waals surface area contributed by atoms with Gasteiger partial charge in [-0.25, -0.2) is 0 Å². The van der Waals surface area contributed by atoms with Gasteiger partial charge < -0.3 is 14.7 Å². The van der Waals surface area contributed by atoms with Gasteiger partial charge in [0.15, 0.2) is 0 Å². The maximum Gasteiger partial charge on any atom is 0.318 e. The lowest BCUT2D eigenvalue weighted by Gasteiger charge is -2.37. The van der Waals surface area contributed by atoms with Crippen LogP contribution in [0.25, 0.3) is 0 Å². The monoisotopic (exact) mass is 359 g/mol. The van der Waals surface area contributed by atoms with Crippen molar-refractivity contribution < 1.29 is 14.6 Å². The number of hydrogen-bond donors (Lipinski definition) is 1. The fraction of sp³-hybridized carbons (Fsp3) is 0.682. The highest BCUT2D eigenvalue weighted by molar-refractivity contribution is 5.83. The van der Waals surface area contributed by atoms with Crippen molar-refractivity contribution in [2.75, 3.05) is 13.7 Å². The Hall–Kier alpha value is -1.39. The van der Waals surface area contributed by atoms with Gasteiger partial charge in [-0.2, -0.15) is 0 Å². The molecule has 4 nitrogen and oxygen atoms in total. The largest absolute Gasteiger partial charge is 0.462 e. The molecule has 1 aromatic rings. The smallest absolute Gasteiger partial charge is 0.318 e. The highest BCUT2D eigenvalue weighted by Crippen LogP contribution is 2.37. The normalized spacial score (nSPS) is 28.6. The number of aliphatic hydroxyl groups excluding tert-OH is 1. The van der Waals surface area contributed by atoms with Crippen molar-refractivity contribution in [3.8, 4) is 0 Å². The predicted octanol–water partition coefficient (Wildman–Crippen LogP) is 3.40. The topological polar surface area (TPSA) is 49.8 Å². The van der Waals surface area contributed by atoms with Crippen molar-refractivity contribution in [1.29, 1.82) is 0 Å². The van der Waals surface area contributed by atoms with Gasteiger partial charge in [-0.3, -0.25) is 4.79 Å². The molecule has 2 bridgehead atoms. The summed E-state index contributed by atoms with van der Waals surface area (Å²) >= 11 is 0. The first-order valence-electron chi connectivity index (χ1n) is 9.80. The highest BCUT2D eigenvalue weighted by atomic mass is 16.5. The highest BCUT2D eigenvalue weighted by Gasteiger charge is 2.43. The van der Waals surface area contributed by atoms with E-state index in [0.717, 1.165) is 24.0 Å². The number of carbonyl (C=O) groups is 1. The van der Waals surface area contributed by atoms with E-state index in [1.807, 2.05) is 18.2 Å². The zero-order valence-corrected chi connectivity index (χ0v) is 16.8. The molecule has 0 aliphatic carbocycles. The molecule has 3 rings (SSSR count). The average Bonchev–Trinajstić information content (AvgIpc) is 2.82. The molecule has 2 saturated heterocycles. The fourth-order valence-electron chi connectivity index (χ4n) is 4.34. The summed E-state index contributed by atoms with van der Waals surface area (Å²) in [5, 5.41) is 10.1. The quantitative estimate of drug-likeness (QED) is 0.837. The standard InChI is InChI=1S/C22H33NO3/c1-21(2,3)15-7-6-8-16(11-15)22(4,14-24)20(25)26-19-12-17-9-10-18(13-19)23(17)5/h6-8,11,17-19,24H,9-10,12-14H2,1-5H3. The Balaban J connectivity index is 1.78. The second kappa shape index (κ2) is 6.97. The van der Waals surface area contributed by atoms with Crippen LogP contribution in [-0.4, -0.2) is 47.8 Å². The minimum atomic E-state index is -1.02. The van der Waals surface area contributed by atoms with Crippen LogP contribution in [0.4, 0.5) is 0 Å². The van der Waals surface area contributed by atoms with Crippen LogP contribution in [0.5, 0.6) is 0 Å². The molecule has 3 unspecified atom stereocenters. The molecule has 0 amide bonds. The molecule has 1 aromatic carbocycles. The van der Waals surface area contributed by atoms with Gasteiger partial charge >= 0.3 is 5.97 Å². The minimum Gasteiger partial charge on any atom is -0.462 e. The third kappa shape index (κ3) is 3.54. The summed E-state index contributed by atoms with van der Waals surface area (Å²) in [6, 6.07) is 9.04. The molecule has 3 atom stereocenters. The maximum atomic E-state index is 13.0. The van der Waals surface area contributed by atoms with Gasteiger partial charge in [-0.1, -0.05) is 45.0 Å². The molecule has 2 heterocycles. The number of benzene rings is 1. The average molecular weight is 360 g/mol. The number of ether oxygens (including phenoxy) is 1. The fourth-order valence-corrected chi connectivity index (χ4v) is 4.34. The molecule has 2 aliphatic rings. The summed E-state index contributed by atoms with van der Waals surface area (Å²) in [4.78, 5) is 15.5. The van der Waals surface area contributed by atoms with Crippen LogP contribution in [0.2, 0.25) is 0 Å². The number of carbonyl (C=O) groups excluding carboxylic acids is 1. The Morgan fingerprint density at radius 2 is 1.73 bits per heavy atom. The van der Waals surface area contributed by atoms with Crippen LogP contribution in [0.3, 0.4) is 0 Å². The minimum absolute atomic E-state index is 0.0105. The van der Waals surface area contributed by atoms with Crippen LogP contribution in [-0.2, 0) is 20.4 Å². The number of nitrogens with zero attached hydrogens (tertiary/aromatic N) is 1. The number of aliphatic hydroxyl groups is 1. The third-order valence-electron chi connectivity index (χ3n) is 6.46. The summed E-state index contributed by atoms with van der Waals surface area (Å²) in [6.07, 6.45) is 4.16.